The first-order valence-electron chi connectivity index (χ1n) is 11.9. The van der Waals surface area contributed by atoms with E-state index in [9.17, 15) is 0 Å². The van der Waals surface area contributed by atoms with Crippen molar-refractivity contribution < 1.29 is 8.83 Å². The summed E-state index contributed by atoms with van der Waals surface area (Å²) in [6.07, 6.45) is 0. The summed E-state index contributed by atoms with van der Waals surface area (Å²) in [5.41, 5.74) is 9.35. The smallest absolute Gasteiger partial charge is 0.227 e. The molecular formula is C31H25NO2. The molecule has 3 aromatic carbocycles. The molecule has 3 heteroatoms. The van der Waals surface area contributed by atoms with E-state index >= 15 is 0 Å². The quantitative estimate of drug-likeness (QED) is 0.268. The van der Waals surface area contributed by atoms with E-state index in [1.807, 2.05) is 6.07 Å². The van der Waals surface area contributed by atoms with Gasteiger partial charge in [0, 0.05) is 38.3 Å². The van der Waals surface area contributed by atoms with Gasteiger partial charge in [0.2, 0.25) is 5.71 Å². The third-order valence-corrected chi connectivity index (χ3v) is 7.46. The van der Waals surface area contributed by atoms with Gasteiger partial charge in [-0.15, -0.1) is 0 Å². The van der Waals surface area contributed by atoms with Crippen LogP contribution in [0.4, 0.5) is 0 Å². The number of pyridine rings is 1. The van der Waals surface area contributed by atoms with Crippen LogP contribution in [-0.2, 0) is 5.41 Å². The van der Waals surface area contributed by atoms with E-state index < -0.39 is 0 Å². The molecule has 0 bridgehead atoms. The van der Waals surface area contributed by atoms with Crippen molar-refractivity contribution in [2.45, 2.75) is 39.0 Å². The number of fused-ring (bicyclic) bond motifs is 8. The van der Waals surface area contributed by atoms with E-state index in [0.717, 1.165) is 44.5 Å². The van der Waals surface area contributed by atoms with Gasteiger partial charge >= 0.3 is 0 Å². The van der Waals surface area contributed by atoms with Crippen LogP contribution in [0.3, 0.4) is 0 Å². The average Bonchev–Trinajstić information content (AvgIpc) is 3.47. The van der Waals surface area contributed by atoms with Gasteiger partial charge < -0.3 is 8.83 Å². The Hall–Kier alpha value is -3.85. The molecule has 0 amide bonds. The van der Waals surface area contributed by atoms with Crippen LogP contribution in [0.25, 0.3) is 55.6 Å². The number of para-hydroxylation sites is 1. The second-order valence-electron chi connectivity index (χ2n) is 10.2. The number of benzene rings is 3. The first-order valence-corrected chi connectivity index (χ1v) is 11.9. The number of hydrogen-bond donors (Lipinski definition) is 0. The van der Waals surface area contributed by atoms with Gasteiger partial charge in [-0.3, -0.25) is 0 Å². The summed E-state index contributed by atoms with van der Waals surface area (Å²) in [6.45, 7) is 9.00. The van der Waals surface area contributed by atoms with Crippen LogP contribution in [-0.4, -0.2) is 4.98 Å². The molecule has 0 fully saturated rings. The average molecular weight is 444 g/mol. The molecule has 0 N–H and O–H groups in total. The van der Waals surface area contributed by atoms with Crippen LogP contribution < -0.4 is 0 Å². The predicted molar refractivity (Wildman–Crippen MR) is 138 cm³/mol. The number of furan rings is 2. The molecule has 3 nitrogen and oxygen atoms in total. The van der Waals surface area contributed by atoms with Gasteiger partial charge in [-0.25, -0.2) is 4.98 Å². The third kappa shape index (κ3) is 2.50. The van der Waals surface area contributed by atoms with Crippen LogP contribution in [0.2, 0.25) is 0 Å². The Morgan fingerprint density at radius 1 is 0.706 bits per heavy atom. The molecule has 3 aromatic heterocycles. The van der Waals surface area contributed by atoms with Crippen molar-refractivity contribution in [3.05, 3.63) is 89.5 Å². The highest BCUT2D eigenvalue weighted by Gasteiger charge is 2.42. The van der Waals surface area contributed by atoms with E-state index in [-0.39, 0.29) is 5.41 Å². The Labute approximate surface area is 198 Å². The van der Waals surface area contributed by atoms with Gasteiger partial charge in [0.05, 0.1) is 5.69 Å². The normalized spacial score (nSPS) is 14.4. The molecule has 1 aliphatic rings. The largest absolute Gasteiger partial charge is 0.456 e. The molecule has 3 heterocycles. The number of rotatable bonds is 2. The first-order chi connectivity index (χ1) is 16.4. The molecule has 1 aliphatic carbocycles. The molecule has 6 aromatic rings. The number of aromatic nitrogens is 1. The van der Waals surface area contributed by atoms with Crippen LogP contribution in [0.5, 0.6) is 0 Å². The van der Waals surface area contributed by atoms with Gasteiger partial charge in [0.25, 0.3) is 0 Å². The Bertz CT molecular complexity index is 1760. The molecule has 34 heavy (non-hydrogen) atoms. The van der Waals surface area contributed by atoms with Gasteiger partial charge in [-0.1, -0.05) is 70.2 Å². The second-order valence-corrected chi connectivity index (χ2v) is 10.2. The monoisotopic (exact) mass is 443 g/mol. The van der Waals surface area contributed by atoms with E-state index in [2.05, 4.69) is 94.4 Å². The lowest BCUT2D eigenvalue weighted by Crippen LogP contribution is -2.16. The zero-order valence-electron chi connectivity index (χ0n) is 19.8. The summed E-state index contributed by atoms with van der Waals surface area (Å²) in [4.78, 5) is 5.01. The second kappa shape index (κ2) is 6.60. The van der Waals surface area contributed by atoms with Crippen LogP contribution in [0, 0.1) is 0 Å². The van der Waals surface area contributed by atoms with E-state index in [1.54, 1.807) is 0 Å². The number of nitrogens with zero attached hydrogens (tertiary/aromatic N) is 1. The van der Waals surface area contributed by atoms with Crippen LogP contribution in [0.15, 0.2) is 81.6 Å². The molecular weight excluding hydrogens is 418 g/mol. The summed E-state index contributed by atoms with van der Waals surface area (Å²) >= 11 is 0. The molecule has 0 spiro atoms. The molecule has 0 saturated carbocycles. The number of hydrogen-bond acceptors (Lipinski definition) is 3. The minimum absolute atomic E-state index is 0.204. The van der Waals surface area contributed by atoms with Crippen LogP contribution >= 0.6 is 0 Å². The van der Waals surface area contributed by atoms with Crippen molar-refractivity contribution in [1.82, 2.24) is 4.98 Å². The molecule has 0 unspecified atom stereocenters. The maximum Gasteiger partial charge on any atom is 0.227 e. The van der Waals surface area contributed by atoms with Crippen molar-refractivity contribution in [2.75, 3.05) is 0 Å². The molecule has 166 valence electrons. The summed E-state index contributed by atoms with van der Waals surface area (Å²) in [7, 11) is 0. The highest BCUT2D eigenvalue weighted by molar-refractivity contribution is 6.04. The van der Waals surface area contributed by atoms with Crippen molar-refractivity contribution in [1.29, 1.82) is 0 Å². The van der Waals surface area contributed by atoms with E-state index in [1.165, 1.54) is 22.1 Å². The zero-order chi connectivity index (χ0) is 23.2. The Morgan fingerprint density at radius 2 is 1.50 bits per heavy atom. The standard InChI is InChI=1S/C31H25NO2/c1-17(2)18-12-15-26-23(16-18)19-13-14-24(32-30(19)34-26)20-9-7-10-22-27(20)31(3,4)28-21-8-5-6-11-25(21)33-29(22)28/h5-17H,1-4H3. The first kappa shape index (κ1) is 19.6. The van der Waals surface area contributed by atoms with E-state index in [4.69, 9.17) is 13.8 Å². The molecule has 0 aliphatic heterocycles. The lowest BCUT2D eigenvalue weighted by molar-refractivity contribution is 0.619. The van der Waals surface area contributed by atoms with Gasteiger partial charge in [0.15, 0.2) is 0 Å². The molecule has 0 saturated heterocycles. The maximum atomic E-state index is 6.37. The molecule has 0 atom stereocenters. The minimum atomic E-state index is -0.204. The topological polar surface area (TPSA) is 39.2 Å². The van der Waals surface area contributed by atoms with Gasteiger partial charge in [0.1, 0.15) is 16.9 Å². The fraction of sp³-hybridized carbons (Fsp3) is 0.194. The highest BCUT2D eigenvalue weighted by Crippen LogP contribution is 2.55. The fourth-order valence-electron chi connectivity index (χ4n) is 5.79. The summed E-state index contributed by atoms with van der Waals surface area (Å²) in [6, 6.07) is 25.5. The highest BCUT2D eigenvalue weighted by atomic mass is 16.3. The van der Waals surface area contributed by atoms with Crippen molar-refractivity contribution >= 4 is 33.0 Å². The summed E-state index contributed by atoms with van der Waals surface area (Å²) in [5, 5.41) is 3.38. The van der Waals surface area contributed by atoms with Crippen molar-refractivity contribution in [3.63, 3.8) is 0 Å². The maximum absolute atomic E-state index is 6.37. The SMILES string of the molecule is CC(C)c1ccc2oc3nc(-c4cccc5c4C(C)(C)c4c-5oc5ccccc45)ccc3c2c1. The third-order valence-electron chi connectivity index (χ3n) is 7.46. The minimum Gasteiger partial charge on any atom is -0.456 e. The Kier molecular flexibility index (Phi) is 3.81. The van der Waals surface area contributed by atoms with E-state index in [0.29, 0.717) is 11.6 Å². The van der Waals surface area contributed by atoms with Crippen LogP contribution in [0.1, 0.15) is 50.3 Å². The zero-order valence-corrected chi connectivity index (χ0v) is 19.8. The van der Waals surface area contributed by atoms with Gasteiger partial charge in [-0.2, -0.15) is 0 Å². The fourth-order valence-corrected chi connectivity index (χ4v) is 5.79. The van der Waals surface area contributed by atoms with Gasteiger partial charge in [-0.05, 0) is 47.4 Å². The van der Waals surface area contributed by atoms with Crippen molar-refractivity contribution in [2.24, 2.45) is 0 Å². The summed E-state index contributed by atoms with van der Waals surface area (Å²) in [5.74, 6) is 1.45. The van der Waals surface area contributed by atoms with Crippen molar-refractivity contribution in [3.8, 4) is 22.6 Å². The predicted octanol–water partition coefficient (Wildman–Crippen LogP) is 8.82. The molecule has 7 rings (SSSR count). The lowest BCUT2D eigenvalue weighted by atomic mass is 9.78. The Morgan fingerprint density at radius 3 is 2.35 bits per heavy atom. The lowest BCUT2D eigenvalue weighted by Gasteiger charge is -2.23. The summed E-state index contributed by atoms with van der Waals surface area (Å²) < 4.78 is 12.6. The Balaban J connectivity index is 1.44. The molecule has 0 radical (unpaired) electrons.